The van der Waals surface area contributed by atoms with Gasteiger partial charge in [0.05, 0.1) is 6.54 Å². The van der Waals surface area contributed by atoms with Gasteiger partial charge >= 0.3 is 0 Å². The van der Waals surface area contributed by atoms with Gasteiger partial charge in [0.15, 0.2) is 0 Å². The van der Waals surface area contributed by atoms with E-state index in [1.54, 1.807) is 0 Å². The molecule has 2 heterocycles. The number of amides is 1. The number of piperidine rings is 1. The van der Waals surface area contributed by atoms with Crippen molar-refractivity contribution in [3.8, 4) is 0 Å². The van der Waals surface area contributed by atoms with Crippen molar-refractivity contribution in [2.24, 2.45) is 5.73 Å². The van der Waals surface area contributed by atoms with Crippen molar-refractivity contribution in [3.05, 3.63) is 65.5 Å². The van der Waals surface area contributed by atoms with Crippen molar-refractivity contribution in [1.29, 1.82) is 0 Å². The van der Waals surface area contributed by atoms with Crippen molar-refractivity contribution in [1.82, 2.24) is 9.88 Å². The molecule has 4 heteroatoms. The summed E-state index contributed by atoms with van der Waals surface area (Å²) in [5, 5.41) is 0. The van der Waals surface area contributed by atoms with Crippen molar-refractivity contribution in [2.75, 3.05) is 19.6 Å². The third-order valence-electron chi connectivity index (χ3n) is 4.36. The van der Waals surface area contributed by atoms with Crippen LogP contribution in [0.2, 0.25) is 0 Å². The van der Waals surface area contributed by atoms with Gasteiger partial charge in [-0.05, 0) is 37.1 Å². The first-order valence-electron chi connectivity index (χ1n) is 8.21. The van der Waals surface area contributed by atoms with Gasteiger partial charge in [-0.2, -0.15) is 0 Å². The molecule has 0 radical (unpaired) electrons. The summed E-state index contributed by atoms with van der Waals surface area (Å²) in [5.74, 6) is 0.135. The Labute approximate surface area is 137 Å². The smallest absolute Gasteiger partial charge is 0.231 e. The quantitative estimate of drug-likeness (QED) is 0.922. The van der Waals surface area contributed by atoms with Crippen molar-refractivity contribution >= 4 is 5.91 Å². The Kier molecular flexibility index (Phi) is 5.03. The van der Waals surface area contributed by atoms with Gasteiger partial charge < -0.3 is 5.73 Å². The second-order valence-electron chi connectivity index (χ2n) is 6.26. The summed E-state index contributed by atoms with van der Waals surface area (Å²) in [7, 11) is 0. The zero-order chi connectivity index (χ0) is 16.1. The largest absolute Gasteiger partial charge is 0.369 e. The van der Waals surface area contributed by atoms with Crippen LogP contribution in [-0.2, 0) is 11.2 Å². The van der Waals surface area contributed by atoms with E-state index in [2.05, 4.69) is 47.4 Å². The molecule has 0 saturated carbocycles. The molecule has 3 rings (SSSR count). The number of nitrogens with two attached hydrogens (primary N) is 1. The van der Waals surface area contributed by atoms with E-state index < -0.39 is 0 Å². The highest BCUT2D eigenvalue weighted by atomic mass is 16.1. The summed E-state index contributed by atoms with van der Waals surface area (Å²) in [6, 6.07) is 16.7. The van der Waals surface area contributed by atoms with E-state index in [0.717, 1.165) is 43.7 Å². The van der Waals surface area contributed by atoms with Gasteiger partial charge in [-0.3, -0.25) is 14.7 Å². The van der Waals surface area contributed by atoms with Gasteiger partial charge in [0.25, 0.3) is 0 Å². The van der Waals surface area contributed by atoms with Gasteiger partial charge in [-0.15, -0.1) is 0 Å². The van der Waals surface area contributed by atoms with Crippen LogP contribution in [0, 0.1) is 0 Å². The third-order valence-corrected chi connectivity index (χ3v) is 4.36. The summed E-state index contributed by atoms with van der Waals surface area (Å²) in [5.41, 5.74) is 8.83. The monoisotopic (exact) mass is 309 g/mol. The molecule has 0 bridgehead atoms. The Morgan fingerprint density at radius 2 is 2.00 bits per heavy atom. The molecule has 1 amide bonds. The number of nitrogens with zero attached hydrogens (tertiary/aromatic N) is 2. The molecule has 1 atom stereocenters. The lowest BCUT2D eigenvalue weighted by Crippen LogP contribution is -2.40. The average Bonchev–Trinajstić information content (AvgIpc) is 2.56. The van der Waals surface area contributed by atoms with Crippen LogP contribution in [0.1, 0.15) is 35.7 Å². The highest BCUT2D eigenvalue weighted by Crippen LogP contribution is 2.25. The number of pyridine rings is 1. The van der Waals surface area contributed by atoms with Crippen LogP contribution in [0.15, 0.2) is 48.5 Å². The van der Waals surface area contributed by atoms with E-state index in [1.807, 2.05) is 6.07 Å². The van der Waals surface area contributed by atoms with Crippen LogP contribution in [0.25, 0.3) is 0 Å². The molecule has 1 aromatic heterocycles. The summed E-state index contributed by atoms with van der Waals surface area (Å²) in [6.07, 6.45) is 3.06. The molecular formula is C19H23N3O. The first-order valence-corrected chi connectivity index (χ1v) is 8.21. The normalized spacial score (nSPS) is 18.7. The number of benzene rings is 1. The standard InChI is InChI=1S/C19H23N3O/c20-19(23)14-22-11-5-8-16(13-22)18-10-4-9-17(21-18)12-15-6-2-1-3-7-15/h1-4,6-7,9-10,16H,5,8,11-14H2,(H2,20,23). The van der Waals surface area contributed by atoms with E-state index in [4.69, 9.17) is 10.7 Å². The molecule has 0 aliphatic carbocycles. The maximum Gasteiger partial charge on any atom is 0.231 e. The van der Waals surface area contributed by atoms with Crippen LogP contribution in [0.3, 0.4) is 0 Å². The number of aromatic nitrogens is 1. The predicted octanol–water partition coefficient (Wildman–Crippen LogP) is 2.34. The maximum absolute atomic E-state index is 11.1. The highest BCUT2D eigenvalue weighted by molar-refractivity contribution is 5.75. The number of carbonyl (C=O) groups excluding carboxylic acids is 1. The minimum atomic E-state index is -0.253. The molecule has 1 aliphatic rings. The van der Waals surface area contributed by atoms with Gasteiger partial charge in [-0.25, -0.2) is 0 Å². The predicted molar refractivity (Wildman–Crippen MR) is 91.1 cm³/mol. The number of primary amides is 1. The Morgan fingerprint density at radius 3 is 2.78 bits per heavy atom. The van der Waals surface area contributed by atoms with Gasteiger partial charge in [0.2, 0.25) is 5.91 Å². The molecule has 1 saturated heterocycles. The van der Waals surface area contributed by atoms with Gasteiger partial charge in [0, 0.05) is 30.3 Å². The maximum atomic E-state index is 11.1. The Hall–Kier alpha value is -2.20. The molecule has 1 fully saturated rings. The van der Waals surface area contributed by atoms with Crippen LogP contribution in [0.5, 0.6) is 0 Å². The molecular weight excluding hydrogens is 286 g/mol. The molecule has 1 unspecified atom stereocenters. The van der Waals surface area contributed by atoms with Crippen LogP contribution in [-0.4, -0.2) is 35.4 Å². The molecule has 23 heavy (non-hydrogen) atoms. The average molecular weight is 309 g/mol. The third kappa shape index (κ3) is 4.39. The Bertz CT molecular complexity index is 657. The van der Waals surface area contributed by atoms with Crippen molar-refractivity contribution < 1.29 is 4.79 Å². The van der Waals surface area contributed by atoms with Gasteiger partial charge in [0.1, 0.15) is 0 Å². The molecule has 1 aromatic carbocycles. The molecule has 1 aliphatic heterocycles. The lowest BCUT2D eigenvalue weighted by molar-refractivity contribution is -0.119. The second-order valence-corrected chi connectivity index (χ2v) is 6.26. The van der Waals surface area contributed by atoms with Crippen molar-refractivity contribution in [3.63, 3.8) is 0 Å². The van der Waals surface area contributed by atoms with E-state index in [1.165, 1.54) is 5.56 Å². The Balaban J connectivity index is 1.70. The lowest BCUT2D eigenvalue weighted by atomic mass is 9.94. The fraction of sp³-hybridized carbons (Fsp3) is 0.368. The summed E-state index contributed by atoms with van der Waals surface area (Å²) in [4.78, 5) is 18.1. The summed E-state index contributed by atoms with van der Waals surface area (Å²) in [6.45, 7) is 2.16. The number of rotatable bonds is 5. The van der Waals surface area contributed by atoms with Gasteiger partial charge in [-0.1, -0.05) is 36.4 Å². The number of carbonyl (C=O) groups is 1. The molecule has 2 aromatic rings. The first kappa shape index (κ1) is 15.7. The van der Waals surface area contributed by atoms with Crippen LogP contribution < -0.4 is 5.73 Å². The second kappa shape index (κ2) is 7.38. The lowest BCUT2D eigenvalue weighted by Gasteiger charge is -2.31. The number of likely N-dealkylation sites (tertiary alicyclic amines) is 1. The zero-order valence-electron chi connectivity index (χ0n) is 13.3. The topological polar surface area (TPSA) is 59.2 Å². The zero-order valence-corrected chi connectivity index (χ0v) is 13.3. The fourth-order valence-electron chi connectivity index (χ4n) is 3.29. The summed E-state index contributed by atoms with van der Waals surface area (Å²) >= 11 is 0. The van der Waals surface area contributed by atoms with Crippen molar-refractivity contribution in [2.45, 2.75) is 25.2 Å². The van der Waals surface area contributed by atoms with E-state index in [-0.39, 0.29) is 5.91 Å². The molecule has 120 valence electrons. The van der Waals surface area contributed by atoms with E-state index in [9.17, 15) is 4.79 Å². The van der Waals surface area contributed by atoms with E-state index in [0.29, 0.717) is 12.5 Å². The first-order chi connectivity index (χ1) is 11.2. The summed E-state index contributed by atoms with van der Waals surface area (Å²) < 4.78 is 0. The number of hydrogen-bond acceptors (Lipinski definition) is 3. The molecule has 0 spiro atoms. The van der Waals surface area contributed by atoms with Crippen LogP contribution in [0.4, 0.5) is 0 Å². The Morgan fingerprint density at radius 1 is 1.17 bits per heavy atom. The highest BCUT2D eigenvalue weighted by Gasteiger charge is 2.23. The number of hydrogen-bond donors (Lipinski definition) is 1. The molecule has 2 N–H and O–H groups in total. The minimum Gasteiger partial charge on any atom is -0.369 e. The fourth-order valence-corrected chi connectivity index (χ4v) is 3.29. The molecule has 4 nitrogen and oxygen atoms in total. The SMILES string of the molecule is NC(=O)CN1CCCC(c2cccc(Cc3ccccc3)n2)C1. The van der Waals surface area contributed by atoms with E-state index >= 15 is 0 Å². The minimum absolute atomic E-state index is 0.253. The van der Waals surface area contributed by atoms with Crippen LogP contribution >= 0.6 is 0 Å².